The second kappa shape index (κ2) is 4.17. The molecule has 0 saturated carbocycles. The van der Waals surface area contributed by atoms with Crippen molar-refractivity contribution in [3.8, 4) is 5.75 Å². The molecule has 1 atom stereocenters. The minimum Gasteiger partial charge on any atom is -0.488 e. The highest BCUT2D eigenvalue weighted by atomic mass is 79.9. The van der Waals surface area contributed by atoms with Crippen LogP contribution < -0.4 is 4.74 Å². The summed E-state index contributed by atoms with van der Waals surface area (Å²) in [5, 5.41) is 1.06. The van der Waals surface area contributed by atoms with Gasteiger partial charge in [0.2, 0.25) is 0 Å². The highest BCUT2D eigenvalue weighted by molar-refractivity contribution is 9.09. The first kappa shape index (κ1) is 11.0. The largest absolute Gasteiger partial charge is 0.488 e. The van der Waals surface area contributed by atoms with Crippen molar-refractivity contribution in [2.24, 2.45) is 0 Å². The van der Waals surface area contributed by atoms with Crippen LogP contribution in [0, 0.1) is 0 Å². The molecule has 0 N–H and O–H groups in total. The van der Waals surface area contributed by atoms with E-state index in [1.54, 1.807) is 0 Å². The van der Waals surface area contributed by atoms with Crippen LogP contribution in [0.2, 0.25) is 0 Å². The summed E-state index contributed by atoms with van der Waals surface area (Å²) in [6, 6.07) is 8.42. The molecule has 82 valence electrons. The van der Waals surface area contributed by atoms with Gasteiger partial charge in [-0.15, -0.1) is 0 Å². The maximum atomic E-state index is 5.98. The molecule has 2 heteroatoms. The molecule has 1 aromatic carbocycles. The third-order valence-electron chi connectivity index (χ3n) is 2.94. The summed E-state index contributed by atoms with van der Waals surface area (Å²) in [5.74, 6) is 1.70. The van der Waals surface area contributed by atoms with Gasteiger partial charge >= 0.3 is 0 Å². The number of benzene rings is 1. The van der Waals surface area contributed by atoms with Crippen molar-refractivity contribution in [1.29, 1.82) is 0 Å². The van der Waals surface area contributed by atoms with E-state index in [2.05, 4.69) is 48.0 Å². The summed E-state index contributed by atoms with van der Waals surface area (Å²) < 4.78 is 5.98. The highest BCUT2D eigenvalue weighted by Gasteiger charge is 2.32. The van der Waals surface area contributed by atoms with Crippen LogP contribution in [0.3, 0.4) is 0 Å². The maximum absolute atomic E-state index is 5.98. The van der Waals surface area contributed by atoms with E-state index < -0.39 is 0 Å². The van der Waals surface area contributed by atoms with Gasteiger partial charge in [-0.25, -0.2) is 0 Å². The SMILES string of the molecule is CC1(C)CC(CCBr)c2ccccc2O1. The predicted octanol–water partition coefficient (Wildman–Crippen LogP) is 4.12. The monoisotopic (exact) mass is 268 g/mol. The van der Waals surface area contributed by atoms with Crippen LogP contribution in [0.1, 0.15) is 38.2 Å². The van der Waals surface area contributed by atoms with E-state index in [4.69, 9.17) is 4.74 Å². The Morgan fingerprint density at radius 2 is 2.13 bits per heavy atom. The third-order valence-corrected chi connectivity index (χ3v) is 3.40. The van der Waals surface area contributed by atoms with Crippen molar-refractivity contribution in [3.63, 3.8) is 0 Å². The van der Waals surface area contributed by atoms with E-state index in [-0.39, 0.29) is 5.60 Å². The van der Waals surface area contributed by atoms with Gasteiger partial charge < -0.3 is 4.74 Å². The molecular weight excluding hydrogens is 252 g/mol. The van der Waals surface area contributed by atoms with Gasteiger partial charge in [0, 0.05) is 5.33 Å². The van der Waals surface area contributed by atoms with Crippen LogP contribution >= 0.6 is 15.9 Å². The molecule has 15 heavy (non-hydrogen) atoms. The Morgan fingerprint density at radius 1 is 1.40 bits per heavy atom. The molecule has 0 aromatic heterocycles. The minimum atomic E-state index is -0.0266. The topological polar surface area (TPSA) is 9.23 Å². The Hall–Kier alpha value is -0.500. The first-order chi connectivity index (χ1) is 7.12. The van der Waals surface area contributed by atoms with Crippen molar-refractivity contribution in [1.82, 2.24) is 0 Å². The lowest BCUT2D eigenvalue weighted by Gasteiger charge is -2.37. The zero-order valence-corrected chi connectivity index (χ0v) is 10.9. The molecule has 0 radical (unpaired) electrons. The van der Waals surface area contributed by atoms with Crippen molar-refractivity contribution in [3.05, 3.63) is 29.8 Å². The van der Waals surface area contributed by atoms with E-state index in [9.17, 15) is 0 Å². The normalized spacial score (nSPS) is 23.0. The Bertz CT molecular complexity index is 346. The van der Waals surface area contributed by atoms with E-state index >= 15 is 0 Å². The lowest BCUT2D eigenvalue weighted by molar-refractivity contribution is 0.0715. The maximum Gasteiger partial charge on any atom is 0.123 e. The highest BCUT2D eigenvalue weighted by Crippen LogP contribution is 2.42. The van der Waals surface area contributed by atoms with Gasteiger partial charge in [0.05, 0.1) is 0 Å². The number of alkyl halides is 1. The number of fused-ring (bicyclic) bond motifs is 1. The molecule has 1 heterocycles. The quantitative estimate of drug-likeness (QED) is 0.734. The Morgan fingerprint density at radius 3 is 2.87 bits per heavy atom. The Balaban J connectivity index is 2.34. The van der Waals surface area contributed by atoms with Crippen molar-refractivity contribution < 1.29 is 4.74 Å². The van der Waals surface area contributed by atoms with Crippen molar-refractivity contribution in [2.75, 3.05) is 5.33 Å². The molecule has 1 unspecified atom stereocenters. The zero-order valence-electron chi connectivity index (χ0n) is 9.29. The van der Waals surface area contributed by atoms with Crippen LogP contribution in [-0.2, 0) is 0 Å². The van der Waals surface area contributed by atoms with Crippen molar-refractivity contribution >= 4 is 15.9 Å². The molecule has 1 aromatic rings. The van der Waals surface area contributed by atoms with Gasteiger partial charge in [0.15, 0.2) is 0 Å². The summed E-state index contributed by atoms with van der Waals surface area (Å²) in [7, 11) is 0. The molecular formula is C13H17BrO. The fourth-order valence-corrected chi connectivity index (χ4v) is 2.90. The smallest absolute Gasteiger partial charge is 0.123 e. The van der Waals surface area contributed by atoms with Crippen LogP contribution in [0.15, 0.2) is 24.3 Å². The second-order valence-electron chi connectivity index (χ2n) is 4.78. The first-order valence-electron chi connectivity index (χ1n) is 5.46. The summed E-state index contributed by atoms with van der Waals surface area (Å²) in [6.07, 6.45) is 2.29. The molecule has 1 nitrogen and oxygen atoms in total. The molecule has 0 spiro atoms. The molecule has 1 aliphatic heterocycles. The molecule has 0 bridgehead atoms. The third kappa shape index (κ3) is 2.36. The van der Waals surface area contributed by atoms with Gasteiger partial charge in [-0.3, -0.25) is 0 Å². The standard InChI is InChI=1S/C13H17BrO/c1-13(2)9-10(7-8-14)11-5-3-4-6-12(11)15-13/h3-6,10H,7-9H2,1-2H3. The summed E-state index contributed by atoms with van der Waals surface area (Å²) in [5.41, 5.74) is 1.34. The zero-order chi connectivity index (χ0) is 10.9. The molecule has 0 saturated heterocycles. The number of hydrogen-bond donors (Lipinski definition) is 0. The van der Waals surface area contributed by atoms with Crippen LogP contribution in [-0.4, -0.2) is 10.9 Å². The molecule has 2 rings (SSSR count). The van der Waals surface area contributed by atoms with Gasteiger partial charge in [-0.1, -0.05) is 34.1 Å². The Kier molecular flexibility index (Phi) is 3.06. The van der Waals surface area contributed by atoms with Gasteiger partial charge in [0.25, 0.3) is 0 Å². The lowest BCUT2D eigenvalue weighted by Crippen LogP contribution is -2.34. The predicted molar refractivity (Wildman–Crippen MR) is 66.9 cm³/mol. The number of ether oxygens (including phenoxy) is 1. The van der Waals surface area contributed by atoms with E-state index in [1.807, 2.05) is 6.07 Å². The fourth-order valence-electron chi connectivity index (χ4n) is 2.34. The van der Waals surface area contributed by atoms with E-state index in [1.165, 1.54) is 12.0 Å². The van der Waals surface area contributed by atoms with Crippen LogP contribution in [0.25, 0.3) is 0 Å². The van der Waals surface area contributed by atoms with E-state index in [0.717, 1.165) is 17.5 Å². The molecule has 0 fully saturated rings. The van der Waals surface area contributed by atoms with Gasteiger partial charge in [-0.2, -0.15) is 0 Å². The number of hydrogen-bond acceptors (Lipinski definition) is 1. The average molecular weight is 269 g/mol. The number of rotatable bonds is 2. The molecule has 0 aliphatic carbocycles. The lowest BCUT2D eigenvalue weighted by atomic mass is 9.83. The minimum absolute atomic E-state index is 0.0266. The fraction of sp³-hybridized carbons (Fsp3) is 0.538. The Labute approximate surface area is 100.0 Å². The molecule has 1 aliphatic rings. The summed E-state index contributed by atoms with van der Waals surface area (Å²) in [4.78, 5) is 0. The summed E-state index contributed by atoms with van der Waals surface area (Å²) >= 11 is 3.53. The number of halogens is 1. The van der Waals surface area contributed by atoms with Crippen LogP contribution in [0.4, 0.5) is 0 Å². The van der Waals surface area contributed by atoms with Gasteiger partial charge in [-0.05, 0) is 44.2 Å². The van der Waals surface area contributed by atoms with Crippen molar-refractivity contribution in [2.45, 2.75) is 38.2 Å². The summed E-state index contributed by atoms with van der Waals surface area (Å²) in [6.45, 7) is 4.34. The first-order valence-corrected chi connectivity index (χ1v) is 6.58. The number of para-hydroxylation sites is 1. The molecule has 0 amide bonds. The average Bonchev–Trinajstić information content (AvgIpc) is 2.16. The van der Waals surface area contributed by atoms with Crippen LogP contribution in [0.5, 0.6) is 5.75 Å². The second-order valence-corrected chi connectivity index (χ2v) is 5.57. The van der Waals surface area contributed by atoms with Gasteiger partial charge in [0.1, 0.15) is 11.4 Å². The van der Waals surface area contributed by atoms with E-state index in [0.29, 0.717) is 5.92 Å².